The van der Waals surface area contributed by atoms with Gasteiger partial charge in [-0.15, -0.1) is 0 Å². The minimum absolute atomic E-state index is 0.218. The second kappa shape index (κ2) is 6.07. The van der Waals surface area contributed by atoms with Crippen LogP contribution in [0.5, 0.6) is 0 Å². The van der Waals surface area contributed by atoms with Gasteiger partial charge in [0.2, 0.25) is 0 Å². The molecule has 0 heterocycles. The molecule has 1 fully saturated rings. The highest BCUT2D eigenvalue weighted by Gasteiger charge is 2.27. The zero-order valence-corrected chi connectivity index (χ0v) is 12.3. The first-order chi connectivity index (χ1) is 8.63. The van der Waals surface area contributed by atoms with Crippen LogP contribution in [-0.2, 0) is 10.8 Å². The lowest BCUT2D eigenvalue weighted by atomic mass is 9.87. The van der Waals surface area contributed by atoms with E-state index in [4.69, 9.17) is 17.3 Å². The third kappa shape index (κ3) is 2.89. The van der Waals surface area contributed by atoms with Crippen molar-refractivity contribution in [3.63, 3.8) is 0 Å². The van der Waals surface area contributed by atoms with Gasteiger partial charge in [0.15, 0.2) is 0 Å². The molecule has 18 heavy (non-hydrogen) atoms. The summed E-state index contributed by atoms with van der Waals surface area (Å²) in [5, 5.41) is 0.751. The summed E-state index contributed by atoms with van der Waals surface area (Å²) in [6.45, 7) is 2.23. The van der Waals surface area contributed by atoms with Crippen LogP contribution in [0.15, 0.2) is 23.1 Å². The van der Waals surface area contributed by atoms with Crippen molar-refractivity contribution in [1.82, 2.24) is 0 Å². The molecule has 0 bridgehead atoms. The summed E-state index contributed by atoms with van der Waals surface area (Å²) < 4.78 is 12.6. The van der Waals surface area contributed by atoms with Gasteiger partial charge in [-0.2, -0.15) is 0 Å². The SMILES string of the molecule is CCC1CCC(S(=O)c2c(N)cccc2Cl)CC1. The lowest BCUT2D eigenvalue weighted by Crippen LogP contribution is -2.23. The molecule has 0 amide bonds. The topological polar surface area (TPSA) is 43.1 Å². The number of nitrogen functional groups attached to an aromatic ring is 1. The summed E-state index contributed by atoms with van der Waals surface area (Å²) in [5.74, 6) is 0.807. The fraction of sp³-hybridized carbons (Fsp3) is 0.571. The molecule has 0 saturated heterocycles. The Bertz CT molecular complexity index is 421. The maximum absolute atomic E-state index is 12.6. The Morgan fingerprint density at radius 1 is 1.33 bits per heavy atom. The van der Waals surface area contributed by atoms with Gasteiger partial charge in [-0.3, -0.25) is 4.21 Å². The van der Waals surface area contributed by atoms with E-state index in [-0.39, 0.29) is 5.25 Å². The number of hydrogen-bond donors (Lipinski definition) is 1. The van der Waals surface area contributed by atoms with Crippen LogP contribution in [-0.4, -0.2) is 9.46 Å². The molecule has 2 nitrogen and oxygen atoms in total. The second-order valence-electron chi connectivity index (χ2n) is 5.01. The average Bonchev–Trinajstić information content (AvgIpc) is 2.38. The molecule has 0 aromatic heterocycles. The summed E-state index contributed by atoms with van der Waals surface area (Å²) in [6, 6.07) is 5.34. The number of hydrogen-bond acceptors (Lipinski definition) is 2. The molecule has 0 spiro atoms. The Kier molecular flexibility index (Phi) is 4.68. The van der Waals surface area contributed by atoms with Crippen LogP contribution in [0.25, 0.3) is 0 Å². The molecule has 2 rings (SSSR count). The Hall–Kier alpha value is -0.540. The highest BCUT2D eigenvalue weighted by molar-refractivity contribution is 7.86. The Labute approximate surface area is 116 Å². The predicted octanol–water partition coefficient (Wildman–Crippen LogP) is 4.00. The van der Waals surface area contributed by atoms with Crippen LogP contribution in [0, 0.1) is 5.92 Å². The van der Waals surface area contributed by atoms with Crippen molar-refractivity contribution in [2.45, 2.75) is 49.2 Å². The number of nitrogens with two attached hydrogens (primary N) is 1. The molecule has 1 aromatic carbocycles. The van der Waals surface area contributed by atoms with E-state index < -0.39 is 10.8 Å². The van der Waals surface area contributed by atoms with Crippen LogP contribution in [0.2, 0.25) is 5.02 Å². The molecule has 100 valence electrons. The normalized spacial score (nSPS) is 25.9. The van der Waals surface area contributed by atoms with Gasteiger partial charge >= 0.3 is 0 Å². The van der Waals surface area contributed by atoms with E-state index in [0.29, 0.717) is 15.6 Å². The number of rotatable bonds is 3. The van der Waals surface area contributed by atoms with Crippen molar-refractivity contribution in [2.75, 3.05) is 5.73 Å². The molecule has 0 radical (unpaired) electrons. The fourth-order valence-corrected chi connectivity index (χ4v) is 4.66. The van der Waals surface area contributed by atoms with Gasteiger partial charge in [-0.25, -0.2) is 0 Å². The lowest BCUT2D eigenvalue weighted by Gasteiger charge is -2.27. The molecule has 1 aliphatic rings. The maximum Gasteiger partial charge on any atom is 0.0806 e. The molecule has 1 atom stereocenters. The molecule has 4 heteroatoms. The minimum atomic E-state index is -1.07. The largest absolute Gasteiger partial charge is 0.398 e. The highest BCUT2D eigenvalue weighted by atomic mass is 35.5. The fourth-order valence-electron chi connectivity index (χ4n) is 2.66. The molecule has 2 N–H and O–H groups in total. The standard InChI is InChI=1S/C14H20ClNOS/c1-2-10-6-8-11(9-7-10)18(17)14-12(15)4-3-5-13(14)16/h3-5,10-11H,2,6-9,16H2,1H3. The number of anilines is 1. The van der Waals surface area contributed by atoms with Gasteiger partial charge in [0.1, 0.15) is 0 Å². The van der Waals surface area contributed by atoms with Crippen LogP contribution in [0.3, 0.4) is 0 Å². The second-order valence-corrected chi connectivity index (χ2v) is 7.08. The van der Waals surface area contributed by atoms with Gasteiger partial charge in [0, 0.05) is 10.9 Å². The molecule has 1 saturated carbocycles. The number of benzene rings is 1. The molecule has 1 aromatic rings. The van der Waals surface area contributed by atoms with Crippen molar-refractivity contribution < 1.29 is 4.21 Å². The maximum atomic E-state index is 12.6. The van der Waals surface area contributed by atoms with E-state index in [2.05, 4.69) is 6.92 Å². The summed E-state index contributed by atoms with van der Waals surface area (Å²) in [4.78, 5) is 0.638. The first-order valence-electron chi connectivity index (χ1n) is 6.58. The van der Waals surface area contributed by atoms with Crippen molar-refractivity contribution >= 4 is 28.1 Å². The summed E-state index contributed by atoms with van der Waals surface area (Å²) in [5.41, 5.74) is 6.46. The van der Waals surface area contributed by atoms with E-state index in [1.54, 1.807) is 18.2 Å². The van der Waals surface area contributed by atoms with Crippen molar-refractivity contribution in [3.05, 3.63) is 23.2 Å². The highest BCUT2D eigenvalue weighted by Crippen LogP contribution is 2.35. The Balaban J connectivity index is 2.13. The zero-order valence-electron chi connectivity index (χ0n) is 10.7. The van der Waals surface area contributed by atoms with Crippen molar-refractivity contribution in [1.29, 1.82) is 0 Å². The molecule has 1 unspecified atom stereocenters. The van der Waals surface area contributed by atoms with Gasteiger partial charge in [-0.1, -0.05) is 31.0 Å². The van der Waals surface area contributed by atoms with E-state index in [1.165, 1.54) is 19.3 Å². The Morgan fingerprint density at radius 3 is 2.56 bits per heavy atom. The van der Waals surface area contributed by atoms with Gasteiger partial charge in [0.25, 0.3) is 0 Å². The summed E-state index contributed by atoms with van der Waals surface area (Å²) >= 11 is 6.13. The van der Waals surface area contributed by atoms with Crippen LogP contribution < -0.4 is 5.73 Å². The molecule has 0 aliphatic heterocycles. The van der Waals surface area contributed by atoms with Gasteiger partial charge in [0.05, 0.1) is 20.7 Å². The first-order valence-corrected chi connectivity index (χ1v) is 8.17. The molecule has 1 aliphatic carbocycles. The van der Waals surface area contributed by atoms with E-state index in [0.717, 1.165) is 18.8 Å². The van der Waals surface area contributed by atoms with E-state index in [9.17, 15) is 4.21 Å². The van der Waals surface area contributed by atoms with Crippen LogP contribution in [0.4, 0.5) is 5.69 Å². The third-order valence-corrected chi connectivity index (χ3v) is 6.23. The zero-order chi connectivity index (χ0) is 13.1. The average molecular weight is 286 g/mol. The smallest absolute Gasteiger partial charge is 0.0806 e. The Morgan fingerprint density at radius 2 is 2.00 bits per heavy atom. The monoisotopic (exact) mass is 285 g/mol. The van der Waals surface area contributed by atoms with Gasteiger partial charge < -0.3 is 5.73 Å². The number of halogens is 1. The minimum Gasteiger partial charge on any atom is -0.398 e. The summed E-state index contributed by atoms with van der Waals surface area (Å²) in [7, 11) is -1.07. The van der Waals surface area contributed by atoms with Crippen molar-refractivity contribution in [2.24, 2.45) is 5.92 Å². The van der Waals surface area contributed by atoms with Crippen LogP contribution >= 0.6 is 11.6 Å². The van der Waals surface area contributed by atoms with Gasteiger partial charge in [-0.05, 0) is 43.7 Å². The molecular formula is C14H20ClNOS. The lowest BCUT2D eigenvalue weighted by molar-refractivity contribution is 0.353. The van der Waals surface area contributed by atoms with E-state index in [1.807, 2.05) is 0 Å². The first kappa shape index (κ1) is 13.9. The van der Waals surface area contributed by atoms with E-state index >= 15 is 0 Å². The predicted molar refractivity (Wildman–Crippen MR) is 78.3 cm³/mol. The summed E-state index contributed by atoms with van der Waals surface area (Å²) in [6.07, 6.45) is 5.63. The third-order valence-electron chi connectivity index (χ3n) is 3.87. The molecular weight excluding hydrogens is 266 g/mol. The van der Waals surface area contributed by atoms with Crippen LogP contribution in [0.1, 0.15) is 39.0 Å². The quantitative estimate of drug-likeness (QED) is 0.853. The van der Waals surface area contributed by atoms with Crippen molar-refractivity contribution in [3.8, 4) is 0 Å².